The molecule has 1 aromatic heterocycles. The number of nitrogens with zero attached hydrogens (tertiary/aromatic N) is 2. The van der Waals surface area contributed by atoms with Crippen LogP contribution < -0.4 is 4.74 Å². The van der Waals surface area contributed by atoms with E-state index in [4.69, 9.17) is 13.4 Å². The van der Waals surface area contributed by atoms with Crippen LogP contribution in [0.3, 0.4) is 0 Å². The number of benzene rings is 1. The van der Waals surface area contributed by atoms with Crippen LogP contribution in [0.5, 0.6) is 5.75 Å². The van der Waals surface area contributed by atoms with Gasteiger partial charge in [-0.2, -0.15) is 4.98 Å². The first kappa shape index (κ1) is 9.69. The fourth-order valence-corrected chi connectivity index (χ4v) is 2.32. The molecule has 0 aliphatic carbocycles. The number of fused-ring (bicyclic) bond motifs is 1. The number of ether oxygens (including phenoxy) is 1. The quantitative estimate of drug-likeness (QED) is 0.858. The fraction of sp³-hybridized carbons (Fsp3) is 0.400. The van der Waals surface area contributed by atoms with Gasteiger partial charge in [0.15, 0.2) is 0 Å². The van der Waals surface area contributed by atoms with Crippen molar-refractivity contribution in [2.75, 3.05) is 6.61 Å². The number of carbonyl (C=O) groups excluding carboxylic acids is 1. The van der Waals surface area contributed by atoms with E-state index in [1.807, 2.05) is 19.1 Å². The molecule has 1 aliphatic heterocycles. The van der Waals surface area contributed by atoms with Crippen molar-refractivity contribution < 1.29 is 18.2 Å². The van der Waals surface area contributed by atoms with Gasteiger partial charge in [-0.15, -0.1) is 0 Å². The van der Waals surface area contributed by atoms with Crippen LogP contribution >= 0.6 is 0 Å². The number of aryl methyl sites for hydroxylation is 1. The molecule has 2 heterocycles. The second-order valence-electron chi connectivity index (χ2n) is 4.75. The zero-order chi connectivity index (χ0) is 16.6. The Balaban J connectivity index is 1.81. The summed E-state index contributed by atoms with van der Waals surface area (Å²) in [5.41, 5.74) is 1.60. The van der Waals surface area contributed by atoms with Crippen molar-refractivity contribution in [1.82, 2.24) is 10.1 Å². The molecule has 0 fully saturated rings. The van der Waals surface area contributed by atoms with Crippen LogP contribution in [-0.2, 0) is 11.2 Å². The number of ketones is 1. The number of rotatable bonds is 4. The smallest absolute Gasteiger partial charge is 0.226 e. The summed E-state index contributed by atoms with van der Waals surface area (Å²) in [6.07, 6.45) is 0.610. The van der Waals surface area contributed by atoms with Crippen molar-refractivity contribution in [3.05, 3.63) is 29.7 Å². The lowest BCUT2D eigenvalue weighted by Gasteiger charge is -2.05. The van der Waals surface area contributed by atoms with Gasteiger partial charge in [0.1, 0.15) is 11.5 Å². The molecule has 0 amide bonds. The van der Waals surface area contributed by atoms with E-state index in [0.29, 0.717) is 30.5 Å². The molecule has 3 rings (SSSR count). The van der Waals surface area contributed by atoms with Gasteiger partial charge in [0.2, 0.25) is 11.7 Å². The lowest BCUT2D eigenvalue weighted by atomic mass is 9.95. The molecule has 20 heavy (non-hydrogen) atoms. The summed E-state index contributed by atoms with van der Waals surface area (Å²) in [5.74, 6) is 0.698. The van der Waals surface area contributed by atoms with E-state index in [2.05, 4.69) is 10.1 Å². The van der Waals surface area contributed by atoms with E-state index in [9.17, 15) is 4.79 Å². The molecule has 0 N–H and O–H groups in total. The van der Waals surface area contributed by atoms with Gasteiger partial charge in [-0.3, -0.25) is 0 Å². The van der Waals surface area contributed by atoms with Crippen molar-refractivity contribution >= 4 is 5.78 Å². The molecule has 0 saturated heterocycles. The Morgan fingerprint density at radius 1 is 1.55 bits per heavy atom. The van der Waals surface area contributed by atoms with E-state index in [-0.39, 0.29) is 12.3 Å². The molecule has 104 valence electrons. The molecular weight excluding hydrogens is 256 g/mol. The number of Topliss-reactive ketones (excluding diaryl/α,β-unsaturated/α-hetero) is 1. The zero-order valence-corrected chi connectivity index (χ0v) is 11.0. The Morgan fingerprint density at radius 3 is 3.20 bits per heavy atom. The standard InChI is InChI=1S/C15H16N2O3/c1-3-14-16-15(17-20-14)10-4-5-12-11(6-9(2)18)8-19-13(12)7-10/h4-5,7,11H,3,6,8H2,1-2H3/t11-/m1/s1/i2D3. The third kappa shape index (κ3) is 2.31. The number of hydrogen-bond donors (Lipinski definition) is 0. The molecule has 0 bridgehead atoms. The minimum absolute atomic E-state index is 0.0506. The number of aromatic nitrogens is 2. The molecule has 1 aliphatic rings. The van der Waals surface area contributed by atoms with Crippen LogP contribution in [-0.4, -0.2) is 22.5 Å². The van der Waals surface area contributed by atoms with Gasteiger partial charge < -0.3 is 14.1 Å². The molecule has 5 heteroatoms. The van der Waals surface area contributed by atoms with Gasteiger partial charge in [0.25, 0.3) is 0 Å². The van der Waals surface area contributed by atoms with Crippen molar-refractivity contribution in [3.63, 3.8) is 0 Å². The first-order valence-electron chi connectivity index (χ1n) is 8.01. The number of hydrogen-bond acceptors (Lipinski definition) is 5. The van der Waals surface area contributed by atoms with Crippen molar-refractivity contribution in [3.8, 4) is 17.1 Å². The highest BCUT2D eigenvalue weighted by atomic mass is 16.5. The van der Waals surface area contributed by atoms with E-state index < -0.39 is 12.6 Å². The Kier molecular flexibility index (Phi) is 2.46. The minimum Gasteiger partial charge on any atom is -0.493 e. The molecule has 5 nitrogen and oxygen atoms in total. The predicted molar refractivity (Wildman–Crippen MR) is 72.6 cm³/mol. The summed E-state index contributed by atoms with van der Waals surface area (Å²) >= 11 is 0. The first-order valence-corrected chi connectivity index (χ1v) is 6.51. The topological polar surface area (TPSA) is 65.2 Å². The third-order valence-electron chi connectivity index (χ3n) is 3.35. The molecule has 1 atom stereocenters. The van der Waals surface area contributed by atoms with E-state index in [0.717, 1.165) is 11.1 Å². The Labute approximate surface area is 121 Å². The highest BCUT2D eigenvalue weighted by Crippen LogP contribution is 2.38. The molecule has 1 aromatic carbocycles. The lowest BCUT2D eigenvalue weighted by molar-refractivity contribution is -0.117. The van der Waals surface area contributed by atoms with Crippen LogP contribution in [0.15, 0.2) is 22.7 Å². The summed E-state index contributed by atoms with van der Waals surface area (Å²) in [6.45, 7) is -0.341. The summed E-state index contributed by atoms with van der Waals surface area (Å²) in [6, 6.07) is 5.45. The predicted octanol–water partition coefficient (Wildman–Crippen LogP) is 2.75. The maximum absolute atomic E-state index is 11.7. The van der Waals surface area contributed by atoms with E-state index in [1.54, 1.807) is 6.07 Å². The van der Waals surface area contributed by atoms with Crippen molar-refractivity contribution in [2.45, 2.75) is 32.5 Å². The summed E-state index contributed by atoms with van der Waals surface area (Å²) < 4.78 is 32.2. The Morgan fingerprint density at radius 2 is 2.45 bits per heavy atom. The average Bonchev–Trinajstić information content (AvgIpc) is 3.13. The van der Waals surface area contributed by atoms with Gasteiger partial charge in [0, 0.05) is 34.0 Å². The maximum atomic E-state index is 11.7. The summed E-state index contributed by atoms with van der Waals surface area (Å²) in [4.78, 5) is 16.0. The van der Waals surface area contributed by atoms with Gasteiger partial charge in [-0.25, -0.2) is 0 Å². The zero-order valence-electron chi connectivity index (χ0n) is 14.0. The fourth-order valence-electron chi connectivity index (χ4n) is 2.32. The second kappa shape index (κ2) is 5.07. The van der Waals surface area contributed by atoms with E-state index in [1.165, 1.54) is 0 Å². The van der Waals surface area contributed by atoms with Gasteiger partial charge in [-0.05, 0) is 12.9 Å². The van der Waals surface area contributed by atoms with Crippen molar-refractivity contribution in [1.29, 1.82) is 0 Å². The van der Waals surface area contributed by atoms with Crippen LogP contribution in [0.4, 0.5) is 0 Å². The number of carbonyl (C=O) groups is 1. The van der Waals surface area contributed by atoms with Gasteiger partial charge >= 0.3 is 0 Å². The summed E-state index contributed by atoms with van der Waals surface area (Å²) in [7, 11) is 0. The average molecular weight is 275 g/mol. The molecule has 0 unspecified atom stereocenters. The normalized spacial score (nSPS) is 19.6. The minimum atomic E-state index is -2.57. The monoisotopic (exact) mass is 275 g/mol. The molecular formula is C15H16N2O3. The van der Waals surface area contributed by atoms with Gasteiger partial charge in [0.05, 0.1) is 6.61 Å². The SMILES string of the molecule is [2H]C([2H])([2H])C(=O)C[C@@H]1COc2cc(-c3noc(CC)n3)ccc21. The highest BCUT2D eigenvalue weighted by molar-refractivity contribution is 5.77. The second-order valence-corrected chi connectivity index (χ2v) is 4.75. The van der Waals surface area contributed by atoms with Crippen LogP contribution in [0.2, 0.25) is 0 Å². The summed E-state index contributed by atoms with van der Waals surface area (Å²) in [5, 5.41) is 3.91. The first-order chi connectivity index (χ1) is 10.9. The van der Waals surface area contributed by atoms with E-state index >= 15 is 0 Å². The lowest BCUT2D eigenvalue weighted by Crippen LogP contribution is -2.05. The Hall–Kier alpha value is -2.17. The Bertz CT molecular complexity index is 740. The van der Waals surface area contributed by atoms with Crippen LogP contribution in [0.1, 0.15) is 41.7 Å². The maximum Gasteiger partial charge on any atom is 0.226 e. The van der Waals surface area contributed by atoms with Crippen LogP contribution in [0, 0.1) is 0 Å². The molecule has 0 spiro atoms. The molecule has 0 saturated carbocycles. The van der Waals surface area contributed by atoms with Crippen molar-refractivity contribution in [2.24, 2.45) is 0 Å². The third-order valence-corrected chi connectivity index (χ3v) is 3.35. The largest absolute Gasteiger partial charge is 0.493 e. The highest BCUT2D eigenvalue weighted by Gasteiger charge is 2.26. The van der Waals surface area contributed by atoms with Gasteiger partial charge in [-0.1, -0.05) is 24.2 Å². The molecule has 2 aromatic rings. The molecule has 0 radical (unpaired) electrons. The van der Waals surface area contributed by atoms with Crippen LogP contribution in [0.25, 0.3) is 11.4 Å².